The van der Waals surface area contributed by atoms with E-state index < -0.39 is 0 Å². The molecular weight excluding hydrogens is 248 g/mol. The predicted molar refractivity (Wildman–Crippen MR) is 85.3 cm³/mol. The van der Waals surface area contributed by atoms with Crippen molar-refractivity contribution in [2.24, 2.45) is 0 Å². The minimum Gasteiger partial charge on any atom is -0.354 e. The zero-order chi connectivity index (χ0) is 14.5. The average Bonchev–Trinajstić information content (AvgIpc) is 2.47. The summed E-state index contributed by atoms with van der Waals surface area (Å²) in [5.74, 6) is 1.11. The van der Waals surface area contributed by atoms with Crippen molar-refractivity contribution in [1.82, 2.24) is 15.2 Å². The standard InChI is InChI=1S/C16H28N4/c1-5-17-14(4)15-7-8-16(18-11-15)20-10-9-19(6-2)13(3)12-20/h7-8,11,13-14,17H,5-6,9-10,12H2,1-4H3. The maximum absolute atomic E-state index is 4.66. The average molecular weight is 276 g/mol. The van der Waals surface area contributed by atoms with Gasteiger partial charge in [-0.1, -0.05) is 19.9 Å². The van der Waals surface area contributed by atoms with Crippen LogP contribution in [0, 0.1) is 0 Å². The van der Waals surface area contributed by atoms with Gasteiger partial charge in [-0.15, -0.1) is 0 Å². The highest BCUT2D eigenvalue weighted by Crippen LogP contribution is 2.19. The third-order valence-electron chi connectivity index (χ3n) is 4.28. The highest BCUT2D eigenvalue weighted by Gasteiger charge is 2.23. The Labute approximate surface area is 123 Å². The van der Waals surface area contributed by atoms with Crippen LogP contribution in [0.15, 0.2) is 18.3 Å². The highest BCUT2D eigenvalue weighted by molar-refractivity contribution is 5.40. The summed E-state index contributed by atoms with van der Waals surface area (Å²) >= 11 is 0. The molecule has 0 aliphatic carbocycles. The molecule has 112 valence electrons. The molecule has 0 saturated carbocycles. The molecular formula is C16H28N4. The quantitative estimate of drug-likeness (QED) is 0.894. The number of hydrogen-bond donors (Lipinski definition) is 1. The van der Waals surface area contributed by atoms with Crippen LogP contribution in [0.2, 0.25) is 0 Å². The van der Waals surface area contributed by atoms with Crippen LogP contribution in [0.4, 0.5) is 5.82 Å². The number of hydrogen-bond acceptors (Lipinski definition) is 4. The Morgan fingerprint density at radius 1 is 1.35 bits per heavy atom. The Kier molecular flexibility index (Phi) is 5.38. The lowest BCUT2D eigenvalue weighted by Crippen LogP contribution is -2.51. The first kappa shape index (κ1) is 15.3. The van der Waals surface area contributed by atoms with E-state index in [1.807, 2.05) is 6.20 Å². The first-order chi connectivity index (χ1) is 9.65. The summed E-state index contributed by atoms with van der Waals surface area (Å²) in [7, 11) is 0. The predicted octanol–water partition coefficient (Wildman–Crippen LogP) is 2.28. The minimum atomic E-state index is 0.373. The van der Waals surface area contributed by atoms with Crippen LogP contribution >= 0.6 is 0 Å². The molecule has 1 saturated heterocycles. The molecule has 1 N–H and O–H groups in total. The lowest BCUT2D eigenvalue weighted by Gasteiger charge is -2.40. The maximum atomic E-state index is 4.66. The van der Waals surface area contributed by atoms with Crippen molar-refractivity contribution in [2.45, 2.75) is 39.8 Å². The van der Waals surface area contributed by atoms with Gasteiger partial charge in [0.2, 0.25) is 0 Å². The van der Waals surface area contributed by atoms with Crippen LogP contribution in [0.3, 0.4) is 0 Å². The molecule has 2 atom stereocenters. The smallest absolute Gasteiger partial charge is 0.128 e. The zero-order valence-electron chi connectivity index (χ0n) is 13.3. The van der Waals surface area contributed by atoms with Gasteiger partial charge in [0.15, 0.2) is 0 Å². The van der Waals surface area contributed by atoms with Gasteiger partial charge >= 0.3 is 0 Å². The van der Waals surface area contributed by atoms with Crippen molar-refractivity contribution >= 4 is 5.82 Å². The molecule has 1 aliphatic rings. The molecule has 0 spiro atoms. The van der Waals surface area contributed by atoms with Crippen molar-refractivity contribution < 1.29 is 0 Å². The summed E-state index contributed by atoms with van der Waals surface area (Å²) in [6, 6.07) is 5.35. The molecule has 1 aromatic rings. The van der Waals surface area contributed by atoms with Gasteiger partial charge in [0.05, 0.1) is 0 Å². The van der Waals surface area contributed by atoms with Crippen molar-refractivity contribution in [3.63, 3.8) is 0 Å². The van der Waals surface area contributed by atoms with Gasteiger partial charge in [0.25, 0.3) is 0 Å². The first-order valence-electron chi connectivity index (χ1n) is 7.84. The highest BCUT2D eigenvalue weighted by atomic mass is 15.3. The van der Waals surface area contributed by atoms with Crippen LogP contribution in [0.1, 0.15) is 39.3 Å². The number of rotatable bonds is 5. The monoisotopic (exact) mass is 276 g/mol. The molecule has 1 aliphatic heterocycles. The fourth-order valence-corrected chi connectivity index (χ4v) is 2.94. The zero-order valence-corrected chi connectivity index (χ0v) is 13.3. The Morgan fingerprint density at radius 2 is 2.15 bits per heavy atom. The van der Waals surface area contributed by atoms with Gasteiger partial charge in [-0.2, -0.15) is 0 Å². The van der Waals surface area contributed by atoms with Gasteiger partial charge in [-0.05, 0) is 38.6 Å². The summed E-state index contributed by atoms with van der Waals surface area (Å²) in [6.45, 7) is 14.3. The molecule has 2 heterocycles. The summed E-state index contributed by atoms with van der Waals surface area (Å²) in [5, 5.41) is 3.42. The fourth-order valence-electron chi connectivity index (χ4n) is 2.94. The second-order valence-corrected chi connectivity index (χ2v) is 5.65. The van der Waals surface area contributed by atoms with Gasteiger partial charge in [0, 0.05) is 37.9 Å². The molecule has 2 unspecified atom stereocenters. The molecule has 20 heavy (non-hydrogen) atoms. The number of nitrogens with zero attached hydrogens (tertiary/aromatic N) is 3. The number of anilines is 1. The summed E-state index contributed by atoms with van der Waals surface area (Å²) in [6.07, 6.45) is 2.01. The Bertz CT molecular complexity index is 403. The summed E-state index contributed by atoms with van der Waals surface area (Å²) < 4.78 is 0. The number of piperazine rings is 1. The van der Waals surface area contributed by atoms with E-state index in [4.69, 9.17) is 0 Å². The molecule has 4 nitrogen and oxygen atoms in total. The van der Waals surface area contributed by atoms with E-state index in [0.29, 0.717) is 12.1 Å². The third-order valence-corrected chi connectivity index (χ3v) is 4.28. The molecule has 0 aromatic carbocycles. The SMILES string of the molecule is CCNC(C)c1ccc(N2CCN(CC)C(C)C2)nc1. The largest absolute Gasteiger partial charge is 0.354 e. The van der Waals surface area contributed by atoms with Crippen molar-refractivity contribution in [3.05, 3.63) is 23.9 Å². The molecule has 1 aromatic heterocycles. The number of pyridine rings is 1. The van der Waals surface area contributed by atoms with E-state index in [1.54, 1.807) is 0 Å². The Balaban J connectivity index is 2.00. The van der Waals surface area contributed by atoms with E-state index >= 15 is 0 Å². The second kappa shape index (κ2) is 7.04. The molecule has 0 amide bonds. The molecule has 4 heteroatoms. The molecule has 1 fully saturated rings. The van der Waals surface area contributed by atoms with Gasteiger partial charge in [-0.25, -0.2) is 4.98 Å². The maximum Gasteiger partial charge on any atom is 0.128 e. The number of aromatic nitrogens is 1. The topological polar surface area (TPSA) is 31.4 Å². The van der Waals surface area contributed by atoms with Crippen LogP contribution in [-0.2, 0) is 0 Å². The van der Waals surface area contributed by atoms with Gasteiger partial charge in [-0.3, -0.25) is 4.90 Å². The van der Waals surface area contributed by atoms with E-state index in [1.165, 1.54) is 5.56 Å². The minimum absolute atomic E-state index is 0.373. The lowest BCUT2D eigenvalue weighted by atomic mass is 10.1. The number of likely N-dealkylation sites (N-methyl/N-ethyl adjacent to an activating group) is 1. The summed E-state index contributed by atoms with van der Waals surface area (Å²) in [5.41, 5.74) is 1.26. The Morgan fingerprint density at radius 3 is 2.70 bits per heavy atom. The molecule has 2 rings (SSSR count). The molecule has 0 bridgehead atoms. The van der Waals surface area contributed by atoms with E-state index in [9.17, 15) is 0 Å². The van der Waals surface area contributed by atoms with Crippen LogP contribution in [0.5, 0.6) is 0 Å². The Hall–Kier alpha value is -1.13. The van der Waals surface area contributed by atoms with E-state index in [-0.39, 0.29) is 0 Å². The van der Waals surface area contributed by atoms with Crippen LogP contribution < -0.4 is 10.2 Å². The fraction of sp³-hybridized carbons (Fsp3) is 0.688. The lowest BCUT2D eigenvalue weighted by molar-refractivity contribution is 0.199. The van der Waals surface area contributed by atoms with Crippen LogP contribution in [-0.4, -0.2) is 48.6 Å². The normalized spacial score (nSPS) is 22.0. The van der Waals surface area contributed by atoms with Crippen molar-refractivity contribution in [2.75, 3.05) is 37.6 Å². The molecule has 0 radical (unpaired) electrons. The van der Waals surface area contributed by atoms with E-state index in [0.717, 1.165) is 38.5 Å². The van der Waals surface area contributed by atoms with Crippen LogP contribution in [0.25, 0.3) is 0 Å². The van der Waals surface area contributed by atoms with Crippen molar-refractivity contribution in [1.29, 1.82) is 0 Å². The van der Waals surface area contributed by atoms with Gasteiger partial charge < -0.3 is 10.2 Å². The third kappa shape index (κ3) is 3.49. The number of nitrogens with one attached hydrogen (secondary N) is 1. The second-order valence-electron chi connectivity index (χ2n) is 5.65. The van der Waals surface area contributed by atoms with Crippen molar-refractivity contribution in [3.8, 4) is 0 Å². The van der Waals surface area contributed by atoms with E-state index in [2.05, 4.69) is 59.9 Å². The van der Waals surface area contributed by atoms with Gasteiger partial charge in [0.1, 0.15) is 5.82 Å². The first-order valence-corrected chi connectivity index (χ1v) is 7.84. The summed E-state index contributed by atoms with van der Waals surface area (Å²) in [4.78, 5) is 9.59.